The van der Waals surface area contributed by atoms with Gasteiger partial charge in [0, 0.05) is 17.7 Å². The standard InChI is InChI=1S/C28H23N5O3/c1-16-10-11-29-27-25(16)31-26(18-7-8-18)33(27)14-17-6-9-20-19(12-17)15-35-23-5-3-2-4-21(23)22(20)13-24-30-28(34)36-32-24/h2-6,9-13,18H,7-8,14-15H2,1H3,(H,30,32,34). The summed E-state index contributed by atoms with van der Waals surface area (Å²) in [5, 5.41) is 3.84. The van der Waals surface area contributed by atoms with Gasteiger partial charge in [0.05, 0.1) is 6.54 Å². The molecule has 0 unspecified atom stereocenters. The zero-order valence-corrected chi connectivity index (χ0v) is 19.7. The normalized spacial score (nSPS) is 16.0. The number of nitrogens with zero attached hydrogens (tertiary/aromatic N) is 4. The summed E-state index contributed by atoms with van der Waals surface area (Å²) < 4.78 is 13.2. The van der Waals surface area contributed by atoms with Crippen LogP contribution in [-0.4, -0.2) is 24.7 Å². The van der Waals surface area contributed by atoms with Gasteiger partial charge in [0.2, 0.25) is 0 Å². The Kier molecular flexibility index (Phi) is 4.67. The van der Waals surface area contributed by atoms with Gasteiger partial charge in [0.1, 0.15) is 23.7 Å². The van der Waals surface area contributed by atoms with Crippen molar-refractivity contribution in [2.45, 2.75) is 38.8 Å². The number of imidazole rings is 1. The van der Waals surface area contributed by atoms with Gasteiger partial charge in [-0.05, 0) is 71.9 Å². The first-order valence-corrected chi connectivity index (χ1v) is 12.1. The predicted molar refractivity (Wildman–Crippen MR) is 135 cm³/mol. The van der Waals surface area contributed by atoms with E-state index in [4.69, 9.17) is 14.2 Å². The molecule has 8 nitrogen and oxygen atoms in total. The van der Waals surface area contributed by atoms with Gasteiger partial charge in [0.25, 0.3) is 0 Å². The maximum atomic E-state index is 11.5. The molecular formula is C28H23N5O3. The number of fused-ring (bicyclic) bond motifs is 3. The Bertz CT molecular complexity index is 1720. The fraction of sp³-hybridized carbons (Fsp3) is 0.214. The van der Waals surface area contributed by atoms with E-state index in [-0.39, 0.29) is 0 Å². The van der Waals surface area contributed by atoms with E-state index in [2.05, 4.69) is 44.8 Å². The number of rotatable bonds is 4. The predicted octanol–water partition coefficient (Wildman–Crippen LogP) is 4.82. The van der Waals surface area contributed by atoms with Gasteiger partial charge in [0.15, 0.2) is 11.5 Å². The monoisotopic (exact) mass is 477 g/mol. The maximum Gasteiger partial charge on any atom is 0.439 e. The molecular weight excluding hydrogens is 454 g/mol. The van der Waals surface area contributed by atoms with Crippen molar-refractivity contribution in [3.63, 3.8) is 0 Å². The van der Waals surface area contributed by atoms with E-state index in [1.165, 1.54) is 12.8 Å². The van der Waals surface area contributed by atoms with Crippen molar-refractivity contribution >= 4 is 22.8 Å². The van der Waals surface area contributed by atoms with Gasteiger partial charge < -0.3 is 9.30 Å². The molecule has 5 aromatic rings. The second-order valence-corrected chi connectivity index (χ2v) is 9.45. The molecule has 1 aliphatic carbocycles. The van der Waals surface area contributed by atoms with E-state index in [0.29, 0.717) is 24.9 Å². The summed E-state index contributed by atoms with van der Waals surface area (Å²) in [6.45, 7) is 3.21. The highest BCUT2D eigenvalue weighted by atomic mass is 16.5. The Labute approximate surface area is 206 Å². The summed E-state index contributed by atoms with van der Waals surface area (Å²) in [4.78, 5) is 23.8. The number of para-hydroxylation sites is 1. The first kappa shape index (κ1) is 20.9. The fourth-order valence-electron chi connectivity index (χ4n) is 4.99. The van der Waals surface area contributed by atoms with Crippen molar-refractivity contribution in [3.8, 4) is 5.75 Å². The second-order valence-electron chi connectivity index (χ2n) is 9.45. The molecule has 1 fully saturated rings. The van der Waals surface area contributed by atoms with Gasteiger partial charge in [-0.15, -0.1) is 0 Å². The molecule has 0 saturated heterocycles. The molecule has 7 rings (SSSR count). The molecule has 1 saturated carbocycles. The summed E-state index contributed by atoms with van der Waals surface area (Å²) in [6.07, 6.45) is 6.05. The molecule has 4 heterocycles. The molecule has 3 aromatic heterocycles. The van der Waals surface area contributed by atoms with Crippen LogP contribution < -0.4 is 10.5 Å². The highest BCUT2D eigenvalue weighted by Gasteiger charge is 2.30. The summed E-state index contributed by atoms with van der Waals surface area (Å²) >= 11 is 0. The fourth-order valence-corrected chi connectivity index (χ4v) is 4.99. The largest absolute Gasteiger partial charge is 0.488 e. The zero-order chi connectivity index (χ0) is 24.2. The molecule has 0 atom stereocenters. The Morgan fingerprint density at radius 3 is 2.86 bits per heavy atom. The Hall–Kier alpha value is -4.46. The van der Waals surface area contributed by atoms with Crippen molar-refractivity contribution in [2.75, 3.05) is 0 Å². The lowest BCUT2D eigenvalue weighted by Gasteiger charge is -2.13. The van der Waals surface area contributed by atoms with E-state index in [1.807, 2.05) is 42.6 Å². The number of pyridine rings is 1. The second kappa shape index (κ2) is 8.05. The highest BCUT2D eigenvalue weighted by molar-refractivity contribution is 5.93. The first-order chi connectivity index (χ1) is 17.6. The molecule has 8 heteroatoms. The van der Waals surface area contributed by atoms with E-state index in [9.17, 15) is 4.79 Å². The number of hydrogen-bond acceptors (Lipinski definition) is 6. The number of nitrogens with one attached hydrogen (secondary N) is 1. The van der Waals surface area contributed by atoms with Crippen molar-refractivity contribution < 1.29 is 9.26 Å². The molecule has 36 heavy (non-hydrogen) atoms. The van der Waals surface area contributed by atoms with Crippen molar-refractivity contribution in [1.29, 1.82) is 0 Å². The number of aryl methyl sites for hydroxylation is 1. The van der Waals surface area contributed by atoms with Gasteiger partial charge in [-0.2, -0.15) is 0 Å². The summed E-state index contributed by atoms with van der Waals surface area (Å²) in [5.41, 5.74) is 8.16. The van der Waals surface area contributed by atoms with Gasteiger partial charge >= 0.3 is 5.76 Å². The quantitative estimate of drug-likeness (QED) is 0.398. The third-order valence-electron chi connectivity index (χ3n) is 6.91. The molecule has 1 aliphatic heterocycles. The van der Waals surface area contributed by atoms with Crippen molar-refractivity contribution in [2.24, 2.45) is 0 Å². The Balaban J connectivity index is 1.33. The minimum atomic E-state index is -0.585. The maximum absolute atomic E-state index is 11.5. The smallest absolute Gasteiger partial charge is 0.439 e. The lowest BCUT2D eigenvalue weighted by atomic mass is 9.92. The van der Waals surface area contributed by atoms with E-state index >= 15 is 0 Å². The first-order valence-electron chi connectivity index (χ1n) is 12.1. The number of hydrogen-bond donors (Lipinski definition) is 1. The zero-order valence-electron chi connectivity index (χ0n) is 19.7. The SMILES string of the molecule is Cc1ccnc2c1nc(C1CC1)n2Cc1ccc2c(c1)COc1ccccc1C2=Cc1noc(=O)[nH]1. The molecule has 0 bridgehead atoms. The van der Waals surface area contributed by atoms with Crippen LogP contribution in [0.1, 0.15) is 58.2 Å². The Morgan fingerprint density at radius 1 is 1.14 bits per heavy atom. The third kappa shape index (κ3) is 3.53. The Morgan fingerprint density at radius 2 is 2.03 bits per heavy atom. The van der Waals surface area contributed by atoms with E-state index < -0.39 is 5.76 Å². The van der Waals surface area contributed by atoms with E-state index in [1.54, 1.807) is 0 Å². The van der Waals surface area contributed by atoms with Gasteiger partial charge in [-0.3, -0.25) is 9.51 Å². The number of H-pyrrole nitrogens is 1. The molecule has 1 N–H and O–H groups in total. The number of ether oxygens (including phenoxy) is 1. The van der Waals surface area contributed by atoms with Crippen LogP contribution in [0, 0.1) is 6.92 Å². The van der Waals surface area contributed by atoms with Gasteiger partial charge in [-0.25, -0.2) is 14.8 Å². The van der Waals surface area contributed by atoms with Crippen LogP contribution in [0.2, 0.25) is 0 Å². The highest BCUT2D eigenvalue weighted by Crippen LogP contribution is 2.41. The molecule has 2 aromatic carbocycles. The number of aromatic nitrogens is 5. The lowest BCUT2D eigenvalue weighted by Crippen LogP contribution is -2.06. The van der Waals surface area contributed by atoms with Crippen LogP contribution >= 0.6 is 0 Å². The minimum Gasteiger partial charge on any atom is -0.488 e. The third-order valence-corrected chi connectivity index (χ3v) is 6.91. The summed E-state index contributed by atoms with van der Waals surface area (Å²) in [7, 11) is 0. The van der Waals surface area contributed by atoms with Crippen LogP contribution in [0.25, 0.3) is 22.8 Å². The van der Waals surface area contributed by atoms with Crippen molar-refractivity contribution in [3.05, 3.63) is 105 Å². The van der Waals surface area contributed by atoms with Gasteiger partial charge in [-0.1, -0.05) is 35.5 Å². The van der Waals surface area contributed by atoms with Crippen LogP contribution in [-0.2, 0) is 13.2 Å². The number of benzene rings is 2. The van der Waals surface area contributed by atoms with Crippen LogP contribution in [0.15, 0.2) is 64.0 Å². The molecule has 2 aliphatic rings. The van der Waals surface area contributed by atoms with Crippen molar-refractivity contribution in [1.82, 2.24) is 24.7 Å². The summed E-state index contributed by atoms with van der Waals surface area (Å²) in [5.74, 6) is 2.20. The average Bonchev–Trinajstić information content (AvgIpc) is 3.58. The molecule has 0 amide bonds. The average molecular weight is 478 g/mol. The van der Waals surface area contributed by atoms with Crippen LogP contribution in [0.4, 0.5) is 0 Å². The number of aromatic amines is 1. The lowest BCUT2D eigenvalue weighted by molar-refractivity contribution is 0.307. The topological polar surface area (TPSA) is 98.8 Å². The van der Waals surface area contributed by atoms with E-state index in [0.717, 1.165) is 56.1 Å². The minimum absolute atomic E-state index is 0.363. The van der Waals surface area contributed by atoms with Crippen LogP contribution in [0.5, 0.6) is 5.75 Å². The van der Waals surface area contributed by atoms with Crippen LogP contribution in [0.3, 0.4) is 0 Å². The molecule has 0 radical (unpaired) electrons. The molecule has 0 spiro atoms. The molecule has 178 valence electrons. The summed E-state index contributed by atoms with van der Waals surface area (Å²) in [6, 6.07) is 16.4.